The van der Waals surface area contributed by atoms with Crippen LogP contribution in [0.15, 0.2) is 46.8 Å². The third-order valence-electron chi connectivity index (χ3n) is 1.66. The van der Waals surface area contributed by atoms with Crippen LogP contribution in [0.2, 0.25) is 0 Å². The highest BCUT2D eigenvalue weighted by molar-refractivity contribution is 8.18. The van der Waals surface area contributed by atoms with Crippen molar-refractivity contribution in [1.82, 2.24) is 0 Å². The molecule has 1 aliphatic rings. The largest absolute Gasteiger partial charge is 0.272 e. The van der Waals surface area contributed by atoms with Crippen molar-refractivity contribution < 1.29 is 0 Å². The van der Waals surface area contributed by atoms with Gasteiger partial charge in [-0.3, -0.25) is 4.99 Å². The van der Waals surface area contributed by atoms with Crippen LogP contribution in [0, 0.1) is 0 Å². The van der Waals surface area contributed by atoms with E-state index in [0.717, 1.165) is 16.5 Å². The summed E-state index contributed by atoms with van der Waals surface area (Å²) in [5, 5.41) is 1.10. The Morgan fingerprint density at radius 3 is 2.58 bits per heavy atom. The van der Waals surface area contributed by atoms with Gasteiger partial charge in [0.2, 0.25) is 0 Å². The third kappa shape index (κ3) is 1.43. The van der Waals surface area contributed by atoms with Crippen molar-refractivity contribution in [1.29, 1.82) is 0 Å². The van der Waals surface area contributed by atoms with E-state index in [4.69, 9.17) is 0 Å². The topological polar surface area (TPSA) is 12.4 Å². The van der Waals surface area contributed by atoms with E-state index >= 15 is 0 Å². The van der Waals surface area contributed by atoms with Crippen molar-refractivity contribution >= 4 is 16.8 Å². The fraction of sp³-hybridized carbons (Fsp3) is 0.100. The first kappa shape index (κ1) is 7.62. The van der Waals surface area contributed by atoms with Crippen LogP contribution >= 0.6 is 11.8 Å². The molecule has 12 heavy (non-hydrogen) atoms. The number of thioether (sulfide) groups is 1. The van der Waals surface area contributed by atoms with Crippen LogP contribution in [0.5, 0.6) is 0 Å². The van der Waals surface area contributed by atoms with E-state index in [-0.39, 0.29) is 0 Å². The van der Waals surface area contributed by atoms with Crippen LogP contribution in [-0.2, 0) is 0 Å². The molecule has 60 valence electrons. The van der Waals surface area contributed by atoms with E-state index in [1.54, 1.807) is 11.8 Å². The second-order valence-electron chi connectivity index (χ2n) is 2.63. The van der Waals surface area contributed by atoms with Gasteiger partial charge in [0.05, 0.1) is 6.54 Å². The highest BCUT2D eigenvalue weighted by atomic mass is 32.2. The minimum atomic E-state index is 0.773. The zero-order valence-electron chi connectivity index (χ0n) is 6.66. The molecule has 2 heteroatoms. The molecule has 0 radical (unpaired) electrons. The summed E-state index contributed by atoms with van der Waals surface area (Å²) >= 11 is 1.67. The summed E-state index contributed by atoms with van der Waals surface area (Å²) in [6.45, 7) is 4.65. The number of rotatable bonds is 1. The molecule has 0 bridgehead atoms. The van der Waals surface area contributed by atoms with Crippen molar-refractivity contribution in [3.63, 3.8) is 0 Å². The molecule has 0 amide bonds. The molecule has 0 N–H and O–H groups in total. The van der Waals surface area contributed by atoms with Gasteiger partial charge in [-0.2, -0.15) is 0 Å². The molecule has 0 saturated heterocycles. The maximum atomic E-state index is 4.37. The standard InChI is InChI=1S/C10H9NS/c1-8-7-11-10(12-8)9-5-3-2-4-6-9/h2-6H,1,7H2. The summed E-state index contributed by atoms with van der Waals surface area (Å²) in [4.78, 5) is 5.50. The first-order valence-corrected chi connectivity index (χ1v) is 4.63. The van der Waals surface area contributed by atoms with Crippen LogP contribution in [-0.4, -0.2) is 11.6 Å². The Hall–Kier alpha value is -1.02. The Balaban J connectivity index is 2.28. The van der Waals surface area contributed by atoms with Gasteiger partial charge in [-0.1, -0.05) is 48.7 Å². The maximum absolute atomic E-state index is 4.37. The smallest absolute Gasteiger partial charge is 0.103 e. The Bertz CT molecular complexity index is 327. The third-order valence-corrected chi connectivity index (χ3v) is 2.64. The lowest BCUT2D eigenvalue weighted by Crippen LogP contribution is -1.89. The lowest BCUT2D eigenvalue weighted by Gasteiger charge is -1.97. The summed E-state index contributed by atoms with van der Waals surface area (Å²) < 4.78 is 0. The molecule has 1 heterocycles. The molecule has 1 aliphatic heterocycles. The summed E-state index contributed by atoms with van der Waals surface area (Å²) in [5.74, 6) is 0. The van der Waals surface area contributed by atoms with Gasteiger partial charge < -0.3 is 0 Å². The van der Waals surface area contributed by atoms with E-state index in [1.807, 2.05) is 18.2 Å². The van der Waals surface area contributed by atoms with Crippen LogP contribution in [0.25, 0.3) is 0 Å². The second-order valence-corrected chi connectivity index (χ2v) is 3.80. The zero-order valence-corrected chi connectivity index (χ0v) is 7.47. The van der Waals surface area contributed by atoms with Gasteiger partial charge >= 0.3 is 0 Å². The lowest BCUT2D eigenvalue weighted by atomic mass is 10.2. The number of aliphatic imine (C=N–C) groups is 1. The molecule has 2 rings (SSSR count). The van der Waals surface area contributed by atoms with Gasteiger partial charge in [0, 0.05) is 10.5 Å². The first-order chi connectivity index (χ1) is 5.86. The summed E-state index contributed by atoms with van der Waals surface area (Å²) in [6, 6.07) is 10.2. The van der Waals surface area contributed by atoms with Crippen molar-refractivity contribution in [3.8, 4) is 0 Å². The zero-order chi connectivity index (χ0) is 8.39. The SMILES string of the molecule is C=C1CN=C(c2ccccc2)S1. The predicted octanol–water partition coefficient (Wildman–Crippen LogP) is 2.69. The van der Waals surface area contributed by atoms with Crippen molar-refractivity contribution in [2.45, 2.75) is 0 Å². The molecule has 1 nitrogen and oxygen atoms in total. The molecular formula is C10H9NS. The van der Waals surface area contributed by atoms with Gasteiger partial charge in [-0.05, 0) is 0 Å². The Morgan fingerprint density at radius 2 is 2.00 bits per heavy atom. The van der Waals surface area contributed by atoms with Crippen molar-refractivity contribution in [2.75, 3.05) is 6.54 Å². The van der Waals surface area contributed by atoms with Crippen molar-refractivity contribution in [2.24, 2.45) is 4.99 Å². The molecule has 0 unspecified atom stereocenters. The van der Waals surface area contributed by atoms with Gasteiger partial charge in [0.15, 0.2) is 0 Å². The van der Waals surface area contributed by atoms with Gasteiger partial charge in [0.25, 0.3) is 0 Å². The molecule has 0 aliphatic carbocycles. The van der Waals surface area contributed by atoms with Gasteiger partial charge in [-0.15, -0.1) is 0 Å². The Kier molecular flexibility index (Phi) is 2.00. The number of nitrogens with zero attached hydrogens (tertiary/aromatic N) is 1. The van der Waals surface area contributed by atoms with Crippen LogP contribution < -0.4 is 0 Å². The van der Waals surface area contributed by atoms with E-state index in [2.05, 4.69) is 23.7 Å². The Morgan fingerprint density at radius 1 is 1.25 bits per heavy atom. The predicted molar refractivity (Wildman–Crippen MR) is 54.6 cm³/mol. The number of hydrogen-bond acceptors (Lipinski definition) is 2. The van der Waals surface area contributed by atoms with E-state index in [0.29, 0.717) is 0 Å². The normalized spacial score (nSPS) is 16.3. The average Bonchev–Trinajstić information content (AvgIpc) is 2.54. The second kappa shape index (κ2) is 3.15. The molecule has 0 aromatic heterocycles. The van der Waals surface area contributed by atoms with Crippen LogP contribution in [0.3, 0.4) is 0 Å². The monoisotopic (exact) mass is 175 g/mol. The van der Waals surface area contributed by atoms with Gasteiger partial charge in [0.1, 0.15) is 5.04 Å². The maximum Gasteiger partial charge on any atom is 0.103 e. The molecule has 1 aromatic rings. The van der Waals surface area contributed by atoms with Crippen LogP contribution in [0.1, 0.15) is 5.56 Å². The first-order valence-electron chi connectivity index (χ1n) is 3.82. The molecule has 0 spiro atoms. The molecule has 0 saturated carbocycles. The van der Waals surface area contributed by atoms with E-state index in [1.165, 1.54) is 5.56 Å². The fourth-order valence-electron chi connectivity index (χ4n) is 1.09. The molecule has 1 aromatic carbocycles. The fourth-order valence-corrected chi connectivity index (χ4v) is 1.88. The summed E-state index contributed by atoms with van der Waals surface area (Å²) in [6.07, 6.45) is 0. The quantitative estimate of drug-likeness (QED) is 0.639. The highest BCUT2D eigenvalue weighted by Gasteiger charge is 2.11. The highest BCUT2D eigenvalue weighted by Crippen LogP contribution is 2.26. The van der Waals surface area contributed by atoms with Gasteiger partial charge in [-0.25, -0.2) is 0 Å². The average molecular weight is 175 g/mol. The number of benzene rings is 1. The molecular weight excluding hydrogens is 166 g/mol. The van der Waals surface area contributed by atoms with E-state index in [9.17, 15) is 0 Å². The minimum absolute atomic E-state index is 0.773. The summed E-state index contributed by atoms with van der Waals surface area (Å²) in [7, 11) is 0. The number of hydrogen-bond donors (Lipinski definition) is 0. The van der Waals surface area contributed by atoms with Crippen LogP contribution in [0.4, 0.5) is 0 Å². The summed E-state index contributed by atoms with van der Waals surface area (Å²) in [5.41, 5.74) is 1.20. The molecule has 0 atom stereocenters. The lowest BCUT2D eigenvalue weighted by molar-refractivity contribution is 1.26. The Labute approximate surface area is 76.2 Å². The van der Waals surface area contributed by atoms with Crippen molar-refractivity contribution in [3.05, 3.63) is 47.4 Å². The van der Waals surface area contributed by atoms with E-state index < -0.39 is 0 Å². The minimum Gasteiger partial charge on any atom is -0.272 e. The molecule has 0 fully saturated rings.